The van der Waals surface area contributed by atoms with Crippen LogP contribution in [0.4, 0.5) is 11.6 Å². The highest BCUT2D eigenvalue weighted by atomic mass is 15.3. The number of aromatic nitrogens is 2. The largest absolute Gasteiger partial charge is 0.355 e. The van der Waals surface area contributed by atoms with Crippen molar-refractivity contribution in [3.05, 3.63) is 5.82 Å². The van der Waals surface area contributed by atoms with E-state index in [4.69, 9.17) is 4.98 Å². The monoisotopic (exact) mass is 276 g/mol. The summed E-state index contributed by atoms with van der Waals surface area (Å²) in [7, 11) is 2.21. The second-order valence-corrected chi connectivity index (χ2v) is 6.72. The molecule has 112 valence electrons. The number of nitrogens with zero attached hydrogens (tertiary/aromatic N) is 4. The Morgan fingerprint density at radius 1 is 0.950 bits per heavy atom. The SMILES string of the molecule is CC(C)Cc1nc(N2CCCC2)c(N2CCCC2)n1C. The Kier molecular flexibility index (Phi) is 3.90. The smallest absolute Gasteiger partial charge is 0.172 e. The highest BCUT2D eigenvalue weighted by Gasteiger charge is 2.27. The van der Waals surface area contributed by atoms with Crippen molar-refractivity contribution >= 4 is 11.6 Å². The third kappa shape index (κ3) is 2.52. The van der Waals surface area contributed by atoms with E-state index in [0.717, 1.165) is 6.42 Å². The maximum atomic E-state index is 5.02. The highest BCUT2D eigenvalue weighted by Crippen LogP contribution is 2.34. The molecule has 2 aliphatic rings. The van der Waals surface area contributed by atoms with Crippen LogP contribution in [0.2, 0.25) is 0 Å². The molecule has 0 atom stereocenters. The van der Waals surface area contributed by atoms with Gasteiger partial charge >= 0.3 is 0 Å². The first-order valence-corrected chi connectivity index (χ1v) is 8.22. The lowest BCUT2D eigenvalue weighted by molar-refractivity contribution is 0.601. The summed E-state index contributed by atoms with van der Waals surface area (Å²) in [6.07, 6.45) is 6.35. The van der Waals surface area contributed by atoms with Crippen LogP contribution in [0.25, 0.3) is 0 Å². The van der Waals surface area contributed by atoms with E-state index < -0.39 is 0 Å². The van der Waals surface area contributed by atoms with Gasteiger partial charge in [0.15, 0.2) is 11.6 Å². The van der Waals surface area contributed by atoms with E-state index in [0.29, 0.717) is 5.92 Å². The van der Waals surface area contributed by atoms with Gasteiger partial charge < -0.3 is 14.4 Å². The summed E-state index contributed by atoms with van der Waals surface area (Å²) in [4.78, 5) is 10.1. The molecule has 0 saturated carbocycles. The lowest BCUT2D eigenvalue weighted by Crippen LogP contribution is -2.26. The molecule has 0 aliphatic carbocycles. The predicted octanol–water partition coefficient (Wildman–Crippen LogP) is 2.82. The average molecular weight is 276 g/mol. The van der Waals surface area contributed by atoms with Crippen molar-refractivity contribution in [2.45, 2.75) is 46.0 Å². The van der Waals surface area contributed by atoms with Crippen LogP contribution in [0.5, 0.6) is 0 Å². The molecule has 4 heteroatoms. The fraction of sp³-hybridized carbons (Fsp3) is 0.812. The maximum Gasteiger partial charge on any atom is 0.172 e. The van der Waals surface area contributed by atoms with Crippen molar-refractivity contribution in [2.24, 2.45) is 13.0 Å². The van der Waals surface area contributed by atoms with Crippen molar-refractivity contribution in [1.29, 1.82) is 0 Å². The van der Waals surface area contributed by atoms with Crippen molar-refractivity contribution in [3.8, 4) is 0 Å². The quantitative estimate of drug-likeness (QED) is 0.845. The second-order valence-electron chi connectivity index (χ2n) is 6.72. The Morgan fingerprint density at radius 3 is 2.05 bits per heavy atom. The van der Waals surface area contributed by atoms with Crippen LogP contribution in [0.15, 0.2) is 0 Å². The van der Waals surface area contributed by atoms with Crippen molar-refractivity contribution < 1.29 is 0 Å². The molecule has 2 saturated heterocycles. The summed E-state index contributed by atoms with van der Waals surface area (Å²) in [5.74, 6) is 4.54. The molecule has 20 heavy (non-hydrogen) atoms. The first kappa shape index (κ1) is 13.8. The third-order valence-electron chi connectivity index (χ3n) is 4.54. The fourth-order valence-electron chi connectivity index (χ4n) is 3.49. The summed E-state index contributed by atoms with van der Waals surface area (Å²) >= 11 is 0. The van der Waals surface area contributed by atoms with Crippen LogP contribution in [0.3, 0.4) is 0 Å². The standard InChI is InChI=1S/C16H28N4/c1-13(2)12-14-17-15(19-8-4-5-9-19)16(18(14)3)20-10-6-7-11-20/h13H,4-12H2,1-3H3. The van der Waals surface area contributed by atoms with Gasteiger partial charge in [-0.05, 0) is 31.6 Å². The molecule has 0 spiro atoms. The van der Waals surface area contributed by atoms with Gasteiger partial charge in [0.05, 0.1) is 0 Å². The Bertz CT molecular complexity index is 451. The molecule has 0 bridgehead atoms. The van der Waals surface area contributed by atoms with E-state index in [1.807, 2.05) is 0 Å². The molecule has 0 aromatic carbocycles. The fourth-order valence-corrected chi connectivity index (χ4v) is 3.49. The zero-order valence-corrected chi connectivity index (χ0v) is 13.2. The van der Waals surface area contributed by atoms with Crippen molar-refractivity contribution in [3.63, 3.8) is 0 Å². The molecule has 1 aromatic heterocycles. The van der Waals surface area contributed by atoms with Gasteiger partial charge in [-0.25, -0.2) is 4.98 Å². The van der Waals surface area contributed by atoms with Crippen LogP contribution < -0.4 is 9.80 Å². The first-order valence-electron chi connectivity index (χ1n) is 8.22. The van der Waals surface area contributed by atoms with Crippen LogP contribution >= 0.6 is 0 Å². The Hall–Kier alpha value is -1.19. The van der Waals surface area contributed by atoms with Crippen molar-refractivity contribution in [1.82, 2.24) is 9.55 Å². The minimum Gasteiger partial charge on any atom is -0.355 e. The van der Waals surface area contributed by atoms with E-state index in [1.165, 1.54) is 69.3 Å². The lowest BCUT2D eigenvalue weighted by Gasteiger charge is -2.24. The predicted molar refractivity (Wildman–Crippen MR) is 84.6 cm³/mol. The molecule has 0 N–H and O–H groups in total. The molecule has 3 rings (SSSR count). The first-order chi connectivity index (χ1) is 9.66. The maximum absolute atomic E-state index is 5.02. The molecule has 0 unspecified atom stereocenters. The van der Waals surface area contributed by atoms with Gasteiger partial charge in [0.25, 0.3) is 0 Å². The van der Waals surface area contributed by atoms with Crippen LogP contribution in [-0.4, -0.2) is 35.7 Å². The molecular formula is C16H28N4. The molecule has 0 amide bonds. The molecule has 2 fully saturated rings. The minimum absolute atomic E-state index is 0.661. The molecule has 0 radical (unpaired) electrons. The highest BCUT2D eigenvalue weighted by molar-refractivity contribution is 5.65. The summed E-state index contributed by atoms with van der Waals surface area (Å²) in [6.45, 7) is 9.31. The van der Waals surface area contributed by atoms with Crippen molar-refractivity contribution in [2.75, 3.05) is 36.0 Å². The molecular weight excluding hydrogens is 248 g/mol. The summed E-state index contributed by atoms with van der Waals surface area (Å²) in [6, 6.07) is 0. The van der Waals surface area contributed by atoms with Crippen LogP contribution in [0, 0.1) is 5.92 Å². The zero-order valence-electron chi connectivity index (χ0n) is 13.2. The van der Waals surface area contributed by atoms with E-state index in [9.17, 15) is 0 Å². The topological polar surface area (TPSA) is 24.3 Å². The van der Waals surface area contributed by atoms with Gasteiger partial charge in [-0.3, -0.25) is 0 Å². The number of rotatable bonds is 4. The number of hydrogen-bond donors (Lipinski definition) is 0. The Labute approximate surface area is 122 Å². The van der Waals surface area contributed by atoms with Gasteiger partial charge in [-0.15, -0.1) is 0 Å². The van der Waals surface area contributed by atoms with Gasteiger partial charge in [0, 0.05) is 39.6 Å². The van der Waals surface area contributed by atoms with Crippen LogP contribution in [-0.2, 0) is 13.5 Å². The molecule has 4 nitrogen and oxygen atoms in total. The van der Waals surface area contributed by atoms with E-state index >= 15 is 0 Å². The van der Waals surface area contributed by atoms with Crippen LogP contribution in [0.1, 0.15) is 45.4 Å². The molecule has 1 aromatic rings. The summed E-state index contributed by atoms with van der Waals surface area (Å²) < 4.78 is 2.36. The zero-order chi connectivity index (χ0) is 14.1. The normalized spacial score (nSPS) is 19.6. The number of anilines is 2. The minimum atomic E-state index is 0.661. The third-order valence-corrected chi connectivity index (χ3v) is 4.54. The average Bonchev–Trinajstić information content (AvgIpc) is 3.10. The van der Waals surface area contributed by atoms with Gasteiger partial charge in [-0.1, -0.05) is 13.8 Å². The number of hydrogen-bond acceptors (Lipinski definition) is 3. The molecule has 2 aliphatic heterocycles. The summed E-state index contributed by atoms with van der Waals surface area (Å²) in [5.41, 5.74) is 0. The lowest BCUT2D eigenvalue weighted by atomic mass is 10.1. The number of imidazole rings is 1. The van der Waals surface area contributed by atoms with Gasteiger partial charge in [-0.2, -0.15) is 0 Å². The molecule has 3 heterocycles. The van der Waals surface area contributed by atoms with Gasteiger partial charge in [0.2, 0.25) is 0 Å². The van der Waals surface area contributed by atoms with E-state index in [-0.39, 0.29) is 0 Å². The Balaban J connectivity index is 1.96. The van der Waals surface area contributed by atoms with Gasteiger partial charge in [0.1, 0.15) is 5.82 Å². The Morgan fingerprint density at radius 2 is 1.50 bits per heavy atom. The van der Waals surface area contributed by atoms with E-state index in [2.05, 4.69) is 35.3 Å². The van der Waals surface area contributed by atoms with E-state index in [1.54, 1.807) is 0 Å². The summed E-state index contributed by atoms with van der Waals surface area (Å²) in [5, 5.41) is 0. The second kappa shape index (κ2) is 5.66.